The van der Waals surface area contributed by atoms with Crippen LogP contribution in [0.3, 0.4) is 0 Å². The second kappa shape index (κ2) is 29.9. The minimum atomic E-state index is -3.83. The first-order chi connectivity index (χ1) is 42.6. The molecule has 30 heteroatoms. The topological polar surface area (TPSA) is 263 Å². The number of hydrogen-bond donors (Lipinski definition) is 1. The maximum atomic E-state index is 13.5. The lowest BCUT2D eigenvalue weighted by Crippen LogP contribution is -2.49. The number of morpholine rings is 2. The van der Waals surface area contributed by atoms with Gasteiger partial charge in [-0.2, -0.15) is 50.1 Å². The Hall–Kier alpha value is -6.73. The summed E-state index contributed by atoms with van der Waals surface area (Å²) in [5, 5.41) is 16.5. The zero-order chi connectivity index (χ0) is 63.6. The first-order valence-electron chi connectivity index (χ1n) is 29.8. The van der Waals surface area contributed by atoms with E-state index in [1.807, 2.05) is 12.3 Å². The van der Waals surface area contributed by atoms with E-state index in [1.54, 1.807) is 39.7 Å². The number of halogens is 4. The highest BCUT2D eigenvalue weighted by Crippen LogP contribution is 2.45. The maximum absolute atomic E-state index is 13.5. The number of Topliss-reactive ketones (excluding diaryl/α,β-unsaturated/α-hetero) is 1. The second-order valence-corrected chi connectivity index (χ2v) is 26.9. The van der Waals surface area contributed by atoms with E-state index in [1.165, 1.54) is 58.5 Å². The van der Waals surface area contributed by atoms with E-state index in [4.69, 9.17) is 39.2 Å². The molecule has 4 aromatic heterocycles. The number of hydrogen-bond acceptors (Lipinski definition) is 19. The van der Waals surface area contributed by atoms with Gasteiger partial charge in [-0.3, -0.25) is 14.6 Å². The molecule has 484 valence electrons. The number of nitrogens with two attached hydrogens (primary N) is 1. The minimum Gasteiger partial charge on any atom is -0.435 e. The van der Waals surface area contributed by atoms with Crippen molar-refractivity contribution >= 4 is 65.6 Å². The van der Waals surface area contributed by atoms with E-state index in [9.17, 15) is 39.2 Å². The molecular weight excluding hydrogens is 1210 g/mol. The molecule has 12 rings (SSSR count). The van der Waals surface area contributed by atoms with Crippen LogP contribution in [0.25, 0.3) is 33.4 Å². The quantitative estimate of drug-likeness (QED) is 0.0762. The molecule has 24 nitrogen and oxygen atoms in total. The van der Waals surface area contributed by atoms with Crippen molar-refractivity contribution in [1.82, 2.24) is 47.9 Å². The van der Waals surface area contributed by atoms with Crippen molar-refractivity contribution in [3.63, 3.8) is 0 Å². The normalized spacial score (nSPS) is 18.6. The van der Waals surface area contributed by atoms with Gasteiger partial charge < -0.3 is 28.7 Å². The van der Waals surface area contributed by atoms with Gasteiger partial charge in [0.05, 0.1) is 71.3 Å². The number of benzene rings is 2. The summed E-state index contributed by atoms with van der Waals surface area (Å²) in [5.74, 6) is -0.653. The summed E-state index contributed by atoms with van der Waals surface area (Å²) in [7, 11) is -1.73. The number of sulfonamides is 1. The van der Waals surface area contributed by atoms with Crippen LogP contribution in [-0.4, -0.2) is 215 Å². The third-order valence-electron chi connectivity index (χ3n) is 17.2. The SMILES string of the molecule is CN(C)S(=O)(=O)CC(=O)c1cc(N2CCC(N3CCOCC3)CC2)c2c(C3CCC3)nn(-c3cccc(OC(F)F)c3)c2n1.CN(C)S(N)(=O)=O.FC(F)Oc1cccc(-n2nc(C3CCC3)c3c(N4CCC(N5CCOCC5)CC4)ccnc32)c1.O=C=O. The fourth-order valence-electron chi connectivity index (χ4n) is 11.9. The number of anilines is 2. The first-order valence-corrected chi connectivity index (χ1v) is 32.9. The highest BCUT2D eigenvalue weighted by atomic mass is 32.2. The maximum Gasteiger partial charge on any atom is 0.387 e. The third kappa shape index (κ3) is 16.4. The molecule has 6 aliphatic rings. The Morgan fingerprint density at radius 2 is 1.06 bits per heavy atom. The van der Waals surface area contributed by atoms with Gasteiger partial charge in [0, 0.05) is 123 Å². The van der Waals surface area contributed by atoms with Crippen molar-refractivity contribution in [2.24, 2.45) is 5.14 Å². The largest absolute Gasteiger partial charge is 0.435 e. The predicted octanol–water partition coefficient (Wildman–Crippen LogP) is 6.42. The van der Waals surface area contributed by atoms with Gasteiger partial charge in [0.25, 0.3) is 10.2 Å². The lowest BCUT2D eigenvalue weighted by atomic mass is 9.82. The smallest absolute Gasteiger partial charge is 0.387 e. The molecule has 4 saturated heterocycles. The van der Waals surface area contributed by atoms with E-state index in [2.05, 4.69) is 40.3 Å². The monoisotopic (exact) mass is 1280 g/mol. The molecule has 0 radical (unpaired) electrons. The molecule has 0 amide bonds. The Bertz CT molecular complexity index is 3630. The minimum absolute atomic E-state index is 0.0227. The fraction of sp³-hybridized carbons (Fsp3) is 0.559. The molecule has 2 N–H and O–H groups in total. The van der Waals surface area contributed by atoms with Gasteiger partial charge in [0.1, 0.15) is 22.9 Å². The van der Waals surface area contributed by atoms with E-state index < -0.39 is 45.0 Å². The van der Waals surface area contributed by atoms with Gasteiger partial charge in [0.15, 0.2) is 17.1 Å². The number of alkyl halides is 4. The number of nitrogens with zero attached hydrogens (tertiary/aromatic N) is 12. The number of ketones is 1. The number of piperidine rings is 2. The molecule has 0 bridgehead atoms. The van der Waals surface area contributed by atoms with Crippen molar-refractivity contribution < 1.29 is 67.7 Å². The Morgan fingerprint density at radius 1 is 0.629 bits per heavy atom. The Kier molecular flexibility index (Phi) is 22.4. The Labute approximate surface area is 515 Å². The van der Waals surface area contributed by atoms with Crippen LogP contribution in [0.4, 0.5) is 28.9 Å². The van der Waals surface area contributed by atoms with Crippen LogP contribution in [0, 0.1) is 0 Å². The molecule has 0 unspecified atom stereocenters. The standard InChI is InChI=1S/C30H38F2N6O5S.C26H31F2N5O2.C2H8N2O2S.CO2/c1-35(2)44(40,41)19-26(39)24-18-25(37-11-9-21(10-12-37)36-13-15-42-16-14-36)27-28(20-5-3-6-20)34-38(29(27)33-24)22-7-4-8-23(17-22)43-30(31)32;27-26(28)35-21-6-2-5-20(17-21)33-25-23(24(30-33)18-3-1-4-18)22(7-10-29-25)32-11-8-19(9-12-32)31-13-15-34-16-14-31;1-4(2)7(3,5)6;2-1-3/h4,7-8,17-18,20-21,30H,3,5-6,9-16,19H2,1-2H3;2,5-7,10,17-19,26H,1,3-4,8-9,11-16H2;1-2H3,(H2,3,5,6);. The number of carbonyl (C=O) groups is 1. The number of ether oxygens (including phenoxy) is 4. The van der Waals surface area contributed by atoms with Gasteiger partial charge in [-0.25, -0.2) is 37.2 Å². The van der Waals surface area contributed by atoms with Gasteiger partial charge in [-0.15, -0.1) is 0 Å². The van der Waals surface area contributed by atoms with Crippen LogP contribution in [0.5, 0.6) is 11.5 Å². The van der Waals surface area contributed by atoms with Crippen molar-refractivity contribution in [2.45, 2.75) is 101 Å². The van der Waals surface area contributed by atoms with Gasteiger partial charge in [-0.1, -0.05) is 25.0 Å². The molecule has 0 atom stereocenters. The molecule has 2 aliphatic carbocycles. The summed E-state index contributed by atoms with van der Waals surface area (Å²) >= 11 is 0. The molecule has 2 saturated carbocycles. The van der Waals surface area contributed by atoms with Gasteiger partial charge in [-0.05, 0) is 87.8 Å². The van der Waals surface area contributed by atoms with E-state index in [0.717, 1.165) is 179 Å². The highest BCUT2D eigenvalue weighted by molar-refractivity contribution is 7.89. The lowest BCUT2D eigenvalue weighted by Gasteiger charge is -2.41. The molecule has 8 heterocycles. The van der Waals surface area contributed by atoms with Crippen molar-refractivity contribution in [1.29, 1.82) is 0 Å². The third-order valence-corrected chi connectivity index (χ3v) is 19.9. The number of fused-ring (bicyclic) bond motifs is 2. The number of rotatable bonds is 17. The van der Waals surface area contributed by atoms with Gasteiger partial charge >= 0.3 is 19.4 Å². The van der Waals surface area contributed by atoms with Gasteiger partial charge in [0.2, 0.25) is 10.0 Å². The number of aromatic nitrogens is 6. The first kappa shape index (κ1) is 66.7. The molecule has 89 heavy (non-hydrogen) atoms. The molecule has 6 aromatic rings. The summed E-state index contributed by atoms with van der Waals surface area (Å²) in [4.78, 5) is 49.0. The second-order valence-electron chi connectivity index (χ2n) is 23.0. The highest BCUT2D eigenvalue weighted by Gasteiger charge is 2.35. The van der Waals surface area contributed by atoms with Crippen LogP contribution >= 0.6 is 0 Å². The zero-order valence-electron chi connectivity index (χ0n) is 50.3. The average Bonchev–Trinajstić information content (AvgIpc) is 1.71. The Morgan fingerprint density at radius 3 is 1.46 bits per heavy atom. The average molecular weight is 1280 g/mol. The van der Waals surface area contributed by atoms with Crippen LogP contribution in [-0.2, 0) is 39.3 Å². The summed E-state index contributed by atoms with van der Waals surface area (Å²) in [6.45, 7) is 4.64. The van der Waals surface area contributed by atoms with E-state index >= 15 is 0 Å². The van der Waals surface area contributed by atoms with Crippen LogP contribution < -0.4 is 24.4 Å². The van der Waals surface area contributed by atoms with Crippen LogP contribution in [0.15, 0.2) is 66.9 Å². The zero-order valence-corrected chi connectivity index (χ0v) is 52.0. The van der Waals surface area contributed by atoms with Crippen molar-refractivity contribution in [2.75, 3.05) is 123 Å². The number of carbonyl (C=O) groups excluding carboxylic acids is 3. The molecule has 4 aliphatic heterocycles. The number of pyridine rings is 2. The van der Waals surface area contributed by atoms with Crippen molar-refractivity contribution in [3.05, 3.63) is 83.9 Å². The molecular formula is C59H77F4N13O11S2. The predicted molar refractivity (Wildman–Crippen MR) is 323 cm³/mol. The molecule has 2 aromatic carbocycles. The van der Waals surface area contributed by atoms with Crippen molar-refractivity contribution in [3.8, 4) is 22.9 Å². The molecule has 6 fully saturated rings. The fourth-order valence-corrected chi connectivity index (χ4v) is 12.6. The van der Waals surface area contributed by atoms with Crippen LogP contribution in [0.2, 0.25) is 0 Å². The summed E-state index contributed by atoms with van der Waals surface area (Å²) in [6.07, 6.45) is 12.6. The Balaban J connectivity index is 0.000000187. The lowest BCUT2D eigenvalue weighted by molar-refractivity contribution is -0.191. The summed E-state index contributed by atoms with van der Waals surface area (Å²) in [6, 6.07) is 17.8. The van der Waals surface area contributed by atoms with E-state index in [0.29, 0.717) is 35.0 Å². The van der Waals surface area contributed by atoms with E-state index in [-0.39, 0.29) is 29.3 Å². The van der Waals surface area contributed by atoms with Crippen LogP contribution in [0.1, 0.15) is 97.9 Å². The molecule has 0 spiro atoms. The summed E-state index contributed by atoms with van der Waals surface area (Å²) in [5.41, 5.74) is 6.22. The summed E-state index contributed by atoms with van der Waals surface area (Å²) < 4.78 is 123.